The molecule has 1 saturated carbocycles. The van der Waals surface area contributed by atoms with Crippen LogP contribution in [0.15, 0.2) is 0 Å². The smallest absolute Gasteiger partial charge is 0.0456 e. The highest BCUT2D eigenvalue weighted by Gasteiger charge is 2.20. The summed E-state index contributed by atoms with van der Waals surface area (Å²) in [6.45, 7) is 4.83. The Morgan fingerprint density at radius 1 is 1.15 bits per heavy atom. The lowest BCUT2D eigenvalue weighted by Gasteiger charge is -2.29. The summed E-state index contributed by atoms with van der Waals surface area (Å²) in [5.74, 6) is 2.42. The standard InChI is InChI=1S/C12H24O/c1-3-11-4-6-12(7-5-11)8-10(2)9-13/h10-13H,3-9H2,1-2H3. The summed E-state index contributed by atoms with van der Waals surface area (Å²) in [7, 11) is 0. The number of aliphatic hydroxyl groups is 1. The van der Waals surface area contributed by atoms with E-state index in [0.29, 0.717) is 12.5 Å². The molecule has 0 bridgehead atoms. The summed E-state index contributed by atoms with van der Waals surface area (Å²) in [4.78, 5) is 0. The molecule has 0 aliphatic heterocycles. The van der Waals surface area contributed by atoms with E-state index in [1.54, 1.807) is 0 Å². The largest absolute Gasteiger partial charge is 0.396 e. The second-order valence-corrected chi connectivity index (χ2v) is 4.82. The monoisotopic (exact) mass is 184 g/mol. The third-order valence-corrected chi connectivity index (χ3v) is 3.59. The van der Waals surface area contributed by atoms with Crippen LogP contribution in [-0.4, -0.2) is 11.7 Å². The highest BCUT2D eigenvalue weighted by atomic mass is 16.3. The molecule has 0 aromatic rings. The molecule has 0 saturated heterocycles. The van der Waals surface area contributed by atoms with Crippen LogP contribution in [0.1, 0.15) is 52.4 Å². The second kappa shape index (κ2) is 5.64. The molecule has 0 heterocycles. The van der Waals surface area contributed by atoms with Crippen LogP contribution >= 0.6 is 0 Å². The van der Waals surface area contributed by atoms with Gasteiger partial charge in [-0.25, -0.2) is 0 Å². The first-order valence-electron chi connectivity index (χ1n) is 5.87. The van der Waals surface area contributed by atoms with Gasteiger partial charge in [0.2, 0.25) is 0 Å². The third kappa shape index (κ3) is 3.68. The van der Waals surface area contributed by atoms with E-state index in [-0.39, 0.29) is 0 Å². The predicted molar refractivity (Wildman–Crippen MR) is 56.6 cm³/mol. The van der Waals surface area contributed by atoms with Gasteiger partial charge >= 0.3 is 0 Å². The fourth-order valence-corrected chi connectivity index (χ4v) is 2.52. The molecule has 1 N–H and O–H groups in total. The number of rotatable bonds is 4. The van der Waals surface area contributed by atoms with Crippen LogP contribution in [-0.2, 0) is 0 Å². The number of hydrogen-bond donors (Lipinski definition) is 1. The molecule has 1 rings (SSSR count). The minimum absolute atomic E-state index is 0.369. The van der Waals surface area contributed by atoms with Crippen molar-refractivity contribution in [3.05, 3.63) is 0 Å². The molecule has 1 nitrogen and oxygen atoms in total. The van der Waals surface area contributed by atoms with Gasteiger partial charge in [-0.05, 0) is 24.2 Å². The van der Waals surface area contributed by atoms with Crippen molar-refractivity contribution in [2.45, 2.75) is 52.4 Å². The first kappa shape index (κ1) is 11.0. The van der Waals surface area contributed by atoms with Crippen molar-refractivity contribution in [3.63, 3.8) is 0 Å². The Morgan fingerprint density at radius 2 is 1.69 bits per heavy atom. The molecule has 1 fully saturated rings. The zero-order chi connectivity index (χ0) is 9.68. The van der Waals surface area contributed by atoms with Crippen molar-refractivity contribution in [3.8, 4) is 0 Å². The highest BCUT2D eigenvalue weighted by Crippen LogP contribution is 2.33. The number of hydrogen-bond acceptors (Lipinski definition) is 1. The summed E-state index contributed by atoms with van der Waals surface area (Å²) >= 11 is 0. The Hall–Kier alpha value is -0.0400. The Balaban J connectivity index is 2.17. The van der Waals surface area contributed by atoms with E-state index >= 15 is 0 Å². The van der Waals surface area contributed by atoms with Gasteiger partial charge in [0.15, 0.2) is 0 Å². The molecule has 78 valence electrons. The summed E-state index contributed by atoms with van der Waals surface area (Å²) in [6, 6.07) is 0. The van der Waals surface area contributed by atoms with Gasteiger partial charge in [-0.1, -0.05) is 46.0 Å². The lowest BCUT2D eigenvalue weighted by molar-refractivity contribution is 0.181. The maximum absolute atomic E-state index is 8.96. The summed E-state index contributed by atoms with van der Waals surface area (Å²) < 4.78 is 0. The summed E-state index contributed by atoms with van der Waals surface area (Å²) in [5.41, 5.74) is 0. The zero-order valence-corrected chi connectivity index (χ0v) is 9.13. The fraction of sp³-hybridized carbons (Fsp3) is 1.00. The normalized spacial score (nSPS) is 31.6. The van der Waals surface area contributed by atoms with Crippen LogP contribution < -0.4 is 0 Å². The molecule has 13 heavy (non-hydrogen) atoms. The van der Waals surface area contributed by atoms with Gasteiger partial charge in [-0.3, -0.25) is 0 Å². The second-order valence-electron chi connectivity index (χ2n) is 4.82. The Bertz CT molecular complexity index is 125. The van der Waals surface area contributed by atoms with E-state index in [2.05, 4.69) is 13.8 Å². The molecule has 1 unspecified atom stereocenters. The van der Waals surface area contributed by atoms with Crippen molar-refractivity contribution in [1.82, 2.24) is 0 Å². The van der Waals surface area contributed by atoms with Gasteiger partial charge in [0.1, 0.15) is 0 Å². The van der Waals surface area contributed by atoms with Crippen LogP contribution in [0, 0.1) is 17.8 Å². The van der Waals surface area contributed by atoms with Crippen LogP contribution in [0.4, 0.5) is 0 Å². The van der Waals surface area contributed by atoms with E-state index in [0.717, 1.165) is 11.8 Å². The molecule has 1 heteroatoms. The van der Waals surface area contributed by atoms with Crippen molar-refractivity contribution >= 4 is 0 Å². The van der Waals surface area contributed by atoms with Crippen LogP contribution in [0.5, 0.6) is 0 Å². The van der Waals surface area contributed by atoms with E-state index in [1.807, 2.05) is 0 Å². The molecule has 1 aliphatic rings. The Morgan fingerprint density at radius 3 is 2.15 bits per heavy atom. The lowest BCUT2D eigenvalue weighted by Crippen LogP contribution is -2.17. The number of aliphatic hydroxyl groups excluding tert-OH is 1. The van der Waals surface area contributed by atoms with Crippen LogP contribution in [0.25, 0.3) is 0 Å². The van der Waals surface area contributed by atoms with Gasteiger partial charge in [0, 0.05) is 6.61 Å². The molecule has 1 aliphatic carbocycles. The van der Waals surface area contributed by atoms with E-state index < -0.39 is 0 Å². The minimum atomic E-state index is 0.369. The van der Waals surface area contributed by atoms with Gasteiger partial charge in [0.25, 0.3) is 0 Å². The Labute approximate surface area is 82.5 Å². The first-order chi connectivity index (χ1) is 6.26. The molecule has 0 aromatic carbocycles. The predicted octanol–water partition coefficient (Wildman–Crippen LogP) is 3.22. The molecular formula is C12H24O. The average molecular weight is 184 g/mol. The highest BCUT2D eigenvalue weighted by molar-refractivity contribution is 4.73. The summed E-state index contributed by atoms with van der Waals surface area (Å²) in [6.07, 6.45) is 8.28. The van der Waals surface area contributed by atoms with Gasteiger partial charge in [-0.15, -0.1) is 0 Å². The van der Waals surface area contributed by atoms with Crippen LogP contribution in [0.3, 0.4) is 0 Å². The zero-order valence-electron chi connectivity index (χ0n) is 9.13. The fourth-order valence-electron chi connectivity index (χ4n) is 2.52. The van der Waals surface area contributed by atoms with Gasteiger partial charge < -0.3 is 5.11 Å². The van der Waals surface area contributed by atoms with Gasteiger partial charge in [-0.2, -0.15) is 0 Å². The minimum Gasteiger partial charge on any atom is -0.396 e. The van der Waals surface area contributed by atoms with E-state index in [9.17, 15) is 0 Å². The maximum atomic E-state index is 8.96. The lowest BCUT2D eigenvalue weighted by atomic mass is 9.77. The van der Waals surface area contributed by atoms with Crippen LogP contribution in [0.2, 0.25) is 0 Å². The Kier molecular flexibility index (Phi) is 4.79. The van der Waals surface area contributed by atoms with E-state index in [1.165, 1.54) is 38.5 Å². The SMILES string of the molecule is CCC1CCC(CC(C)CO)CC1. The van der Waals surface area contributed by atoms with E-state index in [4.69, 9.17) is 5.11 Å². The molecule has 0 spiro atoms. The quantitative estimate of drug-likeness (QED) is 0.711. The average Bonchev–Trinajstić information content (AvgIpc) is 2.19. The van der Waals surface area contributed by atoms with Crippen molar-refractivity contribution < 1.29 is 5.11 Å². The van der Waals surface area contributed by atoms with Crippen molar-refractivity contribution in [1.29, 1.82) is 0 Å². The summed E-state index contributed by atoms with van der Waals surface area (Å²) in [5, 5.41) is 8.96. The third-order valence-electron chi connectivity index (χ3n) is 3.59. The topological polar surface area (TPSA) is 20.2 Å². The molecule has 0 radical (unpaired) electrons. The molecule has 1 atom stereocenters. The van der Waals surface area contributed by atoms with Crippen molar-refractivity contribution in [2.75, 3.05) is 6.61 Å². The maximum Gasteiger partial charge on any atom is 0.0456 e. The van der Waals surface area contributed by atoms with Gasteiger partial charge in [0.05, 0.1) is 0 Å². The molecular weight excluding hydrogens is 160 g/mol. The molecule has 0 aromatic heterocycles. The first-order valence-corrected chi connectivity index (χ1v) is 5.87. The molecule has 0 amide bonds. The van der Waals surface area contributed by atoms with Crippen molar-refractivity contribution in [2.24, 2.45) is 17.8 Å².